The number of pyridine rings is 1. The number of hydrogen-bond acceptors (Lipinski definition) is 4. The van der Waals surface area contributed by atoms with E-state index >= 15 is 0 Å². The Balaban J connectivity index is 1.85. The molecule has 1 N–H and O–H groups in total. The molecular formula is C20H35N3O. The Labute approximate surface area is 148 Å². The molecule has 0 aliphatic carbocycles. The van der Waals surface area contributed by atoms with Crippen molar-refractivity contribution in [3.8, 4) is 5.75 Å². The summed E-state index contributed by atoms with van der Waals surface area (Å²) in [5.41, 5.74) is 2.44. The minimum absolute atomic E-state index is 0.630. The second-order valence-corrected chi connectivity index (χ2v) is 6.88. The van der Waals surface area contributed by atoms with Crippen LogP contribution in [0, 0.1) is 0 Å². The van der Waals surface area contributed by atoms with Gasteiger partial charge in [-0.25, -0.2) is 0 Å². The van der Waals surface area contributed by atoms with Crippen molar-refractivity contribution >= 4 is 0 Å². The van der Waals surface area contributed by atoms with Crippen molar-refractivity contribution in [2.45, 2.75) is 71.9 Å². The zero-order valence-corrected chi connectivity index (χ0v) is 15.8. The van der Waals surface area contributed by atoms with Gasteiger partial charge in [-0.2, -0.15) is 0 Å². The van der Waals surface area contributed by atoms with Crippen LogP contribution in [-0.4, -0.2) is 42.2 Å². The molecule has 0 amide bonds. The minimum Gasteiger partial charge on any atom is -0.492 e. The van der Waals surface area contributed by atoms with Gasteiger partial charge in [-0.3, -0.25) is 4.98 Å². The Hall–Kier alpha value is -1.13. The van der Waals surface area contributed by atoms with Crippen LogP contribution in [-0.2, 0) is 13.0 Å². The maximum absolute atomic E-state index is 5.83. The van der Waals surface area contributed by atoms with E-state index in [4.69, 9.17) is 4.74 Å². The number of hydrogen-bond donors (Lipinski definition) is 1. The molecule has 1 aromatic heterocycles. The molecule has 1 aromatic rings. The van der Waals surface area contributed by atoms with Crippen molar-refractivity contribution in [2.75, 3.05) is 26.2 Å². The highest BCUT2D eigenvalue weighted by Gasteiger charge is 2.18. The quantitative estimate of drug-likeness (QED) is 0.707. The number of likely N-dealkylation sites (tertiary alicyclic amines) is 1. The molecule has 2 rings (SSSR count). The van der Waals surface area contributed by atoms with E-state index in [1.807, 2.05) is 6.20 Å². The molecule has 1 aliphatic rings. The summed E-state index contributed by atoms with van der Waals surface area (Å²) in [6.07, 6.45) is 8.90. The monoisotopic (exact) mass is 333 g/mol. The highest BCUT2D eigenvalue weighted by molar-refractivity contribution is 5.32. The molecule has 1 aliphatic heterocycles. The van der Waals surface area contributed by atoms with Crippen molar-refractivity contribution in [3.63, 3.8) is 0 Å². The van der Waals surface area contributed by atoms with Crippen molar-refractivity contribution < 1.29 is 4.74 Å². The molecule has 1 saturated heterocycles. The normalized spacial score (nSPS) is 16.5. The van der Waals surface area contributed by atoms with Crippen LogP contribution in [0.25, 0.3) is 0 Å². The molecule has 24 heavy (non-hydrogen) atoms. The molecule has 0 unspecified atom stereocenters. The summed E-state index contributed by atoms with van der Waals surface area (Å²) < 4.78 is 5.83. The molecule has 136 valence electrons. The molecular weight excluding hydrogens is 298 g/mol. The van der Waals surface area contributed by atoms with E-state index in [1.165, 1.54) is 44.5 Å². The zero-order valence-electron chi connectivity index (χ0n) is 15.8. The molecule has 4 nitrogen and oxygen atoms in total. The lowest BCUT2D eigenvalue weighted by molar-refractivity contribution is 0.197. The summed E-state index contributed by atoms with van der Waals surface area (Å²) >= 11 is 0. The fraction of sp³-hybridized carbons (Fsp3) is 0.750. The molecule has 2 heterocycles. The number of ether oxygens (including phenoxy) is 1. The first-order valence-corrected chi connectivity index (χ1v) is 9.83. The maximum atomic E-state index is 5.83. The Morgan fingerprint density at radius 2 is 1.96 bits per heavy atom. The van der Waals surface area contributed by atoms with Crippen molar-refractivity contribution in [3.05, 3.63) is 23.5 Å². The molecule has 0 spiro atoms. The summed E-state index contributed by atoms with van der Waals surface area (Å²) in [5, 5.41) is 3.70. The van der Waals surface area contributed by atoms with Gasteiger partial charge in [0.05, 0.1) is 18.5 Å². The Morgan fingerprint density at radius 3 is 2.62 bits per heavy atom. The molecule has 0 saturated carbocycles. The van der Waals surface area contributed by atoms with E-state index in [1.54, 1.807) is 0 Å². The van der Waals surface area contributed by atoms with Crippen LogP contribution >= 0.6 is 0 Å². The SMILES string of the molecule is CCCOc1cnc(CNC2CCN(CCC)CC2)cc1CCC. The molecule has 0 bridgehead atoms. The van der Waals surface area contributed by atoms with Gasteiger partial charge in [-0.1, -0.05) is 27.2 Å². The fourth-order valence-corrected chi connectivity index (χ4v) is 3.36. The summed E-state index contributed by atoms with van der Waals surface area (Å²) in [6.45, 7) is 11.9. The predicted octanol–water partition coefficient (Wildman–Crippen LogP) is 3.79. The zero-order chi connectivity index (χ0) is 17.2. The first kappa shape index (κ1) is 19.2. The van der Waals surface area contributed by atoms with Crippen molar-refractivity contribution in [1.82, 2.24) is 15.2 Å². The van der Waals surface area contributed by atoms with E-state index in [-0.39, 0.29) is 0 Å². The van der Waals surface area contributed by atoms with E-state index in [2.05, 4.69) is 42.0 Å². The van der Waals surface area contributed by atoms with Crippen LogP contribution in [0.3, 0.4) is 0 Å². The third-order valence-corrected chi connectivity index (χ3v) is 4.69. The molecule has 0 atom stereocenters. The first-order valence-electron chi connectivity index (χ1n) is 9.83. The molecule has 0 aromatic carbocycles. The lowest BCUT2D eigenvalue weighted by Gasteiger charge is -2.32. The summed E-state index contributed by atoms with van der Waals surface area (Å²) in [6, 6.07) is 2.86. The number of rotatable bonds is 10. The fourth-order valence-electron chi connectivity index (χ4n) is 3.36. The first-order chi connectivity index (χ1) is 11.8. The highest BCUT2D eigenvalue weighted by Crippen LogP contribution is 2.20. The van der Waals surface area contributed by atoms with Gasteiger partial charge in [0.15, 0.2) is 0 Å². The van der Waals surface area contributed by atoms with E-state index < -0.39 is 0 Å². The van der Waals surface area contributed by atoms with Crippen LogP contribution in [0.2, 0.25) is 0 Å². The topological polar surface area (TPSA) is 37.4 Å². The maximum Gasteiger partial charge on any atom is 0.140 e. The van der Waals surface area contributed by atoms with Crippen LogP contribution in [0.4, 0.5) is 0 Å². The third-order valence-electron chi connectivity index (χ3n) is 4.69. The van der Waals surface area contributed by atoms with Crippen molar-refractivity contribution in [2.24, 2.45) is 0 Å². The van der Waals surface area contributed by atoms with E-state index in [0.717, 1.165) is 43.9 Å². The van der Waals surface area contributed by atoms with Gasteiger partial charge in [-0.05, 0) is 63.4 Å². The van der Waals surface area contributed by atoms with Gasteiger partial charge in [-0.15, -0.1) is 0 Å². The number of nitrogens with zero attached hydrogens (tertiary/aromatic N) is 2. The number of aromatic nitrogens is 1. The van der Waals surface area contributed by atoms with Crippen molar-refractivity contribution in [1.29, 1.82) is 0 Å². The minimum atomic E-state index is 0.630. The highest BCUT2D eigenvalue weighted by atomic mass is 16.5. The average Bonchev–Trinajstić information content (AvgIpc) is 2.61. The second kappa shape index (κ2) is 10.7. The molecule has 0 radical (unpaired) electrons. The standard InChI is InChI=1S/C20H35N3O/c1-4-7-17-14-19(22-16-20(17)24-13-6-3)15-21-18-8-11-23(10-5-2)12-9-18/h14,16,18,21H,4-13,15H2,1-3H3. The Kier molecular flexibility index (Phi) is 8.54. The number of aryl methyl sites for hydroxylation is 1. The van der Waals surface area contributed by atoms with Crippen LogP contribution in [0.15, 0.2) is 12.3 Å². The molecule has 4 heteroatoms. The Bertz CT molecular complexity index is 470. The van der Waals surface area contributed by atoms with E-state index in [0.29, 0.717) is 6.04 Å². The third kappa shape index (κ3) is 6.06. The van der Waals surface area contributed by atoms with Gasteiger partial charge in [0.2, 0.25) is 0 Å². The predicted molar refractivity (Wildman–Crippen MR) is 101 cm³/mol. The van der Waals surface area contributed by atoms with E-state index in [9.17, 15) is 0 Å². The van der Waals surface area contributed by atoms with Crippen LogP contribution in [0.1, 0.15) is 64.1 Å². The number of piperidine rings is 1. The van der Waals surface area contributed by atoms with Gasteiger partial charge in [0.25, 0.3) is 0 Å². The largest absolute Gasteiger partial charge is 0.492 e. The lowest BCUT2D eigenvalue weighted by atomic mass is 10.0. The number of nitrogens with one attached hydrogen (secondary N) is 1. The summed E-state index contributed by atoms with van der Waals surface area (Å²) in [7, 11) is 0. The van der Waals surface area contributed by atoms with Crippen LogP contribution < -0.4 is 10.1 Å². The lowest BCUT2D eigenvalue weighted by Crippen LogP contribution is -2.42. The van der Waals surface area contributed by atoms with Gasteiger partial charge < -0.3 is 15.0 Å². The molecule has 1 fully saturated rings. The van der Waals surface area contributed by atoms with Gasteiger partial charge >= 0.3 is 0 Å². The van der Waals surface area contributed by atoms with Gasteiger partial charge in [0, 0.05) is 12.6 Å². The summed E-state index contributed by atoms with van der Waals surface area (Å²) in [4.78, 5) is 7.18. The van der Waals surface area contributed by atoms with Gasteiger partial charge in [0.1, 0.15) is 5.75 Å². The smallest absolute Gasteiger partial charge is 0.140 e. The van der Waals surface area contributed by atoms with Crippen LogP contribution in [0.5, 0.6) is 5.75 Å². The average molecular weight is 334 g/mol. The Morgan fingerprint density at radius 1 is 1.17 bits per heavy atom. The second-order valence-electron chi connectivity index (χ2n) is 6.88. The summed E-state index contributed by atoms with van der Waals surface area (Å²) in [5.74, 6) is 0.968.